The van der Waals surface area contributed by atoms with Gasteiger partial charge in [0.05, 0.1) is 6.61 Å². The third-order valence-corrected chi connectivity index (χ3v) is 3.50. The van der Waals surface area contributed by atoms with E-state index in [2.05, 4.69) is 39.7 Å². The Hall–Kier alpha value is -0.680. The highest BCUT2D eigenvalue weighted by molar-refractivity contribution is 9.10. The molecule has 1 aliphatic rings. The van der Waals surface area contributed by atoms with Crippen molar-refractivity contribution in [2.45, 2.75) is 38.6 Å². The molecule has 4 nitrogen and oxygen atoms in total. The molecule has 0 unspecified atom stereocenters. The molecule has 0 amide bonds. The van der Waals surface area contributed by atoms with E-state index in [1.807, 2.05) is 6.07 Å². The maximum absolute atomic E-state index is 5.17. The van der Waals surface area contributed by atoms with Gasteiger partial charge in [0.1, 0.15) is 16.2 Å². The highest BCUT2D eigenvalue weighted by Gasteiger charge is 2.28. The molecular weight excluding hydrogens is 294 g/mol. The van der Waals surface area contributed by atoms with Crippen LogP contribution in [0, 0.1) is 0 Å². The monoisotopic (exact) mass is 313 g/mol. The maximum Gasteiger partial charge on any atom is 0.135 e. The third-order valence-electron chi connectivity index (χ3n) is 3.10. The normalized spacial score (nSPS) is 15.2. The fraction of sp³-hybridized carbons (Fsp3) is 0.692. The van der Waals surface area contributed by atoms with E-state index in [0.717, 1.165) is 22.8 Å². The van der Waals surface area contributed by atoms with Crippen LogP contribution in [-0.2, 0) is 4.74 Å². The molecule has 0 aliphatic heterocycles. The zero-order valence-corrected chi connectivity index (χ0v) is 12.8. The summed E-state index contributed by atoms with van der Waals surface area (Å²) in [6.07, 6.45) is 2.44. The highest BCUT2D eigenvalue weighted by atomic mass is 79.9. The van der Waals surface area contributed by atoms with Crippen molar-refractivity contribution in [3.63, 3.8) is 0 Å². The van der Waals surface area contributed by atoms with E-state index in [-0.39, 0.29) is 0 Å². The van der Waals surface area contributed by atoms with E-state index in [9.17, 15) is 0 Å². The van der Waals surface area contributed by atoms with E-state index in [1.54, 1.807) is 7.11 Å². The number of aromatic nitrogens is 2. The quantitative estimate of drug-likeness (QED) is 0.757. The third kappa shape index (κ3) is 3.42. The first kappa shape index (κ1) is 13.7. The maximum atomic E-state index is 5.17. The Morgan fingerprint density at radius 1 is 1.44 bits per heavy atom. The summed E-state index contributed by atoms with van der Waals surface area (Å²) in [7, 11) is 1.73. The molecule has 100 valence electrons. The summed E-state index contributed by atoms with van der Waals surface area (Å²) < 4.78 is 6.04. The first-order chi connectivity index (χ1) is 8.61. The van der Waals surface area contributed by atoms with Crippen molar-refractivity contribution in [2.24, 2.45) is 0 Å². The largest absolute Gasteiger partial charge is 0.383 e. The van der Waals surface area contributed by atoms with Crippen molar-refractivity contribution in [3.05, 3.63) is 16.5 Å². The van der Waals surface area contributed by atoms with Gasteiger partial charge in [-0.15, -0.1) is 0 Å². The number of methoxy groups -OCH3 is 1. The second-order valence-electron chi connectivity index (χ2n) is 4.96. The summed E-state index contributed by atoms with van der Waals surface area (Å²) in [5, 5.41) is 0. The Balaban J connectivity index is 2.22. The highest BCUT2D eigenvalue weighted by Crippen LogP contribution is 2.39. The van der Waals surface area contributed by atoms with Crippen molar-refractivity contribution in [1.82, 2.24) is 9.97 Å². The molecule has 1 aromatic rings. The fourth-order valence-corrected chi connectivity index (χ4v) is 2.31. The SMILES string of the molecule is COCCN(c1cc(Br)nc(C2CC2)n1)C(C)C. The second-order valence-corrected chi connectivity index (χ2v) is 5.77. The van der Waals surface area contributed by atoms with Crippen molar-refractivity contribution in [3.8, 4) is 0 Å². The summed E-state index contributed by atoms with van der Waals surface area (Å²) in [4.78, 5) is 11.4. The minimum atomic E-state index is 0.397. The molecule has 0 aromatic carbocycles. The van der Waals surface area contributed by atoms with Gasteiger partial charge in [-0.25, -0.2) is 9.97 Å². The predicted molar refractivity (Wildman–Crippen MR) is 76.1 cm³/mol. The van der Waals surface area contributed by atoms with Crippen LogP contribution in [0.5, 0.6) is 0 Å². The number of anilines is 1. The average molecular weight is 314 g/mol. The topological polar surface area (TPSA) is 38.2 Å². The van der Waals surface area contributed by atoms with Crippen LogP contribution < -0.4 is 4.90 Å². The lowest BCUT2D eigenvalue weighted by Crippen LogP contribution is -2.34. The molecule has 0 spiro atoms. The molecule has 1 aromatic heterocycles. The summed E-state index contributed by atoms with van der Waals surface area (Å²) in [5.41, 5.74) is 0. The van der Waals surface area contributed by atoms with Crippen LogP contribution in [0.1, 0.15) is 38.4 Å². The Morgan fingerprint density at radius 3 is 2.72 bits per heavy atom. The van der Waals surface area contributed by atoms with Crippen LogP contribution in [0.4, 0.5) is 5.82 Å². The van der Waals surface area contributed by atoms with Crippen molar-refractivity contribution in [1.29, 1.82) is 0 Å². The zero-order valence-electron chi connectivity index (χ0n) is 11.2. The lowest BCUT2D eigenvalue weighted by Gasteiger charge is -2.28. The first-order valence-corrected chi connectivity index (χ1v) is 7.21. The van der Waals surface area contributed by atoms with Gasteiger partial charge in [-0.2, -0.15) is 0 Å². The van der Waals surface area contributed by atoms with Gasteiger partial charge < -0.3 is 9.64 Å². The van der Waals surface area contributed by atoms with Crippen LogP contribution in [0.3, 0.4) is 0 Å². The van der Waals surface area contributed by atoms with Crippen LogP contribution in [-0.4, -0.2) is 36.3 Å². The molecule has 0 N–H and O–H groups in total. The van der Waals surface area contributed by atoms with Gasteiger partial charge in [0.2, 0.25) is 0 Å². The lowest BCUT2D eigenvalue weighted by molar-refractivity contribution is 0.203. The molecule has 2 rings (SSSR count). The van der Waals surface area contributed by atoms with Gasteiger partial charge in [-0.3, -0.25) is 0 Å². The van der Waals surface area contributed by atoms with Crippen molar-refractivity contribution in [2.75, 3.05) is 25.2 Å². The summed E-state index contributed by atoms with van der Waals surface area (Å²) in [6.45, 7) is 5.89. The van der Waals surface area contributed by atoms with Gasteiger partial charge in [-0.1, -0.05) is 0 Å². The lowest BCUT2D eigenvalue weighted by atomic mass is 10.3. The molecular formula is C13H20BrN3O. The fourth-order valence-electron chi connectivity index (χ4n) is 1.92. The summed E-state index contributed by atoms with van der Waals surface area (Å²) in [5.74, 6) is 2.53. The Kier molecular flexibility index (Phi) is 4.56. The number of halogens is 1. The molecule has 1 aliphatic carbocycles. The van der Waals surface area contributed by atoms with Gasteiger partial charge in [0.15, 0.2) is 0 Å². The molecule has 0 saturated heterocycles. The molecule has 5 heteroatoms. The van der Waals surface area contributed by atoms with Crippen LogP contribution in [0.15, 0.2) is 10.7 Å². The van der Waals surface area contributed by atoms with Crippen molar-refractivity contribution < 1.29 is 4.74 Å². The number of rotatable bonds is 6. The molecule has 0 atom stereocenters. The van der Waals surface area contributed by atoms with Gasteiger partial charge in [0.25, 0.3) is 0 Å². The molecule has 1 heterocycles. The smallest absolute Gasteiger partial charge is 0.135 e. The average Bonchev–Trinajstić information content (AvgIpc) is 3.12. The van der Waals surface area contributed by atoms with Gasteiger partial charge >= 0.3 is 0 Å². The summed E-state index contributed by atoms with van der Waals surface area (Å²) in [6, 6.07) is 2.38. The van der Waals surface area contributed by atoms with Crippen molar-refractivity contribution >= 4 is 21.7 Å². The Bertz CT molecular complexity index is 407. The van der Waals surface area contributed by atoms with E-state index >= 15 is 0 Å². The summed E-state index contributed by atoms with van der Waals surface area (Å²) >= 11 is 3.49. The Labute approximate surface area is 117 Å². The van der Waals surface area contributed by atoms with E-state index in [0.29, 0.717) is 18.6 Å². The Morgan fingerprint density at radius 2 is 2.17 bits per heavy atom. The van der Waals surface area contributed by atoms with E-state index in [1.165, 1.54) is 12.8 Å². The van der Waals surface area contributed by atoms with E-state index < -0.39 is 0 Å². The first-order valence-electron chi connectivity index (χ1n) is 6.42. The molecule has 1 fully saturated rings. The number of hydrogen-bond acceptors (Lipinski definition) is 4. The van der Waals surface area contributed by atoms with Gasteiger partial charge in [0, 0.05) is 31.7 Å². The number of hydrogen-bond donors (Lipinski definition) is 0. The second kappa shape index (κ2) is 5.97. The van der Waals surface area contributed by atoms with Gasteiger partial charge in [-0.05, 0) is 42.6 Å². The van der Waals surface area contributed by atoms with Crippen LogP contribution in [0.2, 0.25) is 0 Å². The van der Waals surface area contributed by atoms with E-state index in [4.69, 9.17) is 9.72 Å². The van der Waals surface area contributed by atoms with Crippen LogP contribution in [0.25, 0.3) is 0 Å². The number of ether oxygens (including phenoxy) is 1. The minimum Gasteiger partial charge on any atom is -0.383 e. The molecule has 0 bridgehead atoms. The molecule has 18 heavy (non-hydrogen) atoms. The zero-order chi connectivity index (χ0) is 13.1. The molecule has 1 saturated carbocycles. The minimum absolute atomic E-state index is 0.397. The number of nitrogens with zero attached hydrogens (tertiary/aromatic N) is 3. The molecule has 0 radical (unpaired) electrons. The predicted octanol–water partition coefficient (Wildman–Crippen LogP) is 2.98. The standard InChI is InChI=1S/C13H20BrN3O/c1-9(2)17(6-7-18-3)12-8-11(14)15-13(16-12)10-4-5-10/h8-10H,4-7H2,1-3H3. The van der Waals surface area contributed by atoms with Crippen LogP contribution >= 0.6 is 15.9 Å².